The summed E-state index contributed by atoms with van der Waals surface area (Å²) in [5, 5.41) is 0. The third kappa shape index (κ3) is 3.59. The van der Waals surface area contributed by atoms with E-state index in [1.807, 2.05) is 17.0 Å². The largest absolute Gasteiger partial charge is 0.384 e. The molecule has 120 valence electrons. The van der Waals surface area contributed by atoms with Gasteiger partial charge in [-0.15, -0.1) is 0 Å². The fourth-order valence-corrected chi connectivity index (χ4v) is 2.95. The van der Waals surface area contributed by atoms with E-state index >= 15 is 0 Å². The van der Waals surface area contributed by atoms with Crippen LogP contribution in [0.2, 0.25) is 0 Å². The molecule has 1 aliphatic rings. The van der Waals surface area contributed by atoms with E-state index in [9.17, 15) is 4.79 Å². The zero-order valence-corrected chi connectivity index (χ0v) is 13.5. The minimum atomic E-state index is 0.196. The molecule has 0 bridgehead atoms. The first kappa shape index (κ1) is 15.7. The van der Waals surface area contributed by atoms with Crippen molar-refractivity contribution in [2.75, 3.05) is 25.2 Å². The lowest BCUT2D eigenvalue weighted by atomic mass is 10.0. The van der Waals surface area contributed by atoms with Crippen LogP contribution in [-0.2, 0) is 16.0 Å². The molecule has 4 heteroatoms. The third-order valence-electron chi connectivity index (χ3n) is 4.22. The van der Waals surface area contributed by atoms with Gasteiger partial charge in [-0.05, 0) is 37.0 Å². The zero-order chi connectivity index (χ0) is 16.1. The van der Waals surface area contributed by atoms with Gasteiger partial charge in [-0.1, -0.05) is 24.3 Å². The molecule has 0 saturated carbocycles. The van der Waals surface area contributed by atoms with Crippen LogP contribution in [0, 0.1) is 0 Å². The van der Waals surface area contributed by atoms with Crippen LogP contribution in [0.5, 0.6) is 0 Å². The summed E-state index contributed by atoms with van der Waals surface area (Å²) in [6.07, 6.45) is 5.35. The van der Waals surface area contributed by atoms with Gasteiger partial charge in [0.2, 0.25) is 5.91 Å². The van der Waals surface area contributed by atoms with Gasteiger partial charge in [0.15, 0.2) is 0 Å². The van der Waals surface area contributed by atoms with Gasteiger partial charge >= 0.3 is 0 Å². The maximum Gasteiger partial charge on any atom is 0.227 e. The Kier molecular flexibility index (Phi) is 5.03. The summed E-state index contributed by atoms with van der Waals surface area (Å²) in [6, 6.07) is 12.2. The van der Waals surface area contributed by atoms with Crippen LogP contribution in [0.3, 0.4) is 0 Å². The molecule has 1 fully saturated rings. The fraction of sp³-hybridized carbons (Fsp3) is 0.368. The van der Waals surface area contributed by atoms with Crippen LogP contribution in [-0.4, -0.2) is 31.2 Å². The number of carbonyl (C=O) groups excluding carboxylic acids is 1. The SMILES string of the molecule is COCCc1ccc(-c2ncccc2N2CCCCC2=O)cc1. The quantitative estimate of drug-likeness (QED) is 0.849. The number of amides is 1. The summed E-state index contributed by atoms with van der Waals surface area (Å²) in [7, 11) is 1.71. The summed E-state index contributed by atoms with van der Waals surface area (Å²) < 4.78 is 5.11. The minimum absolute atomic E-state index is 0.196. The molecule has 23 heavy (non-hydrogen) atoms. The van der Waals surface area contributed by atoms with Crippen molar-refractivity contribution in [2.45, 2.75) is 25.7 Å². The molecule has 4 nitrogen and oxygen atoms in total. The second kappa shape index (κ2) is 7.38. The van der Waals surface area contributed by atoms with Gasteiger partial charge in [0.25, 0.3) is 0 Å². The Bertz CT molecular complexity index is 667. The van der Waals surface area contributed by atoms with Gasteiger partial charge in [-0.3, -0.25) is 9.78 Å². The van der Waals surface area contributed by atoms with E-state index in [4.69, 9.17) is 4.74 Å². The number of benzene rings is 1. The van der Waals surface area contributed by atoms with E-state index in [1.54, 1.807) is 13.3 Å². The highest BCUT2D eigenvalue weighted by atomic mass is 16.5. The van der Waals surface area contributed by atoms with Crippen molar-refractivity contribution in [1.82, 2.24) is 4.98 Å². The van der Waals surface area contributed by atoms with Gasteiger partial charge < -0.3 is 9.64 Å². The topological polar surface area (TPSA) is 42.4 Å². The Morgan fingerprint density at radius 2 is 2.00 bits per heavy atom. The molecule has 3 rings (SSSR count). The number of aromatic nitrogens is 1. The first-order chi connectivity index (χ1) is 11.3. The Morgan fingerprint density at radius 1 is 1.17 bits per heavy atom. The summed E-state index contributed by atoms with van der Waals surface area (Å²) >= 11 is 0. The van der Waals surface area contributed by atoms with Crippen LogP contribution < -0.4 is 4.90 Å². The summed E-state index contributed by atoms with van der Waals surface area (Å²) in [5.41, 5.74) is 4.07. The van der Waals surface area contributed by atoms with Crippen molar-refractivity contribution in [2.24, 2.45) is 0 Å². The maximum absolute atomic E-state index is 12.2. The number of pyridine rings is 1. The van der Waals surface area contributed by atoms with Crippen LogP contribution in [0.1, 0.15) is 24.8 Å². The lowest BCUT2D eigenvalue weighted by molar-refractivity contribution is -0.119. The molecule has 1 aromatic heterocycles. The Labute approximate surface area is 137 Å². The van der Waals surface area contributed by atoms with Crippen molar-refractivity contribution >= 4 is 11.6 Å². The standard InChI is InChI=1S/C19H22N2O2/c1-23-14-11-15-7-9-16(10-8-15)19-17(5-4-12-20-19)21-13-3-2-6-18(21)22/h4-5,7-10,12H,2-3,6,11,13-14H2,1H3. The molecular weight excluding hydrogens is 288 g/mol. The number of nitrogens with zero attached hydrogens (tertiary/aromatic N) is 2. The van der Waals surface area contributed by atoms with Gasteiger partial charge in [-0.25, -0.2) is 0 Å². The first-order valence-electron chi connectivity index (χ1n) is 8.13. The van der Waals surface area contributed by atoms with Gasteiger partial charge in [0.05, 0.1) is 18.0 Å². The predicted octanol–water partition coefficient (Wildman–Crippen LogP) is 3.45. The highest BCUT2D eigenvalue weighted by Crippen LogP contribution is 2.31. The number of hydrogen-bond donors (Lipinski definition) is 0. The average molecular weight is 310 g/mol. The summed E-state index contributed by atoms with van der Waals surface area (Å²) in [4.78, 5) is 18.6. The normalized spacial score (nSPS) is 15.0. The second-order valence-electron chi connectivity index (χ2n) is 5.81. The van der Waals surface area contributed by atoms with Crippen molar-refractivity contribution in [3.05, 3.63) is 48.2 Å². The molecule has 0 aliphatic carbocycles. The van der Waals surface area contributed by atoms with Gasteiger partial charge in [-0.2, -0.15) is 0 Å². The summed E-state index contributed by atoms with van der Waals surface area (Å²) in [5.74, 6) is 0.196. The van der Waals surface area contributed by atoms with Crippen molar-refractivity contribution in [3.8, 4) is 11.3 Å². The number of methoxy groups -OCH3 is 1. The number of carbonyl (C=O) groups is 1. The fourth-order valence-electron chi connectivity index (χ4n) is 2.95. The average Bonchev–Trinajstić information content (AvgIpc) is 2.61. The number of ether oxygens (including phenoxy) is 1. The Hall–Kier alpha value is -2.20. The van der Waals surface area contributed by atoms with Crippen LogP contribution in [0.4, 0.5) is 5.69 Å². The lowest BCUT2D eigenvalue weighted by Gasteiger charge is -2.28. The molecule has 0 N–H and O–H groups in total. The number of rotatable bonds is 5. The molecule has 2 heterocycles. The Morgan fingerprint density at radius 3 is 2.74 bits per heavy atom. The monoisotopic (exact) mass is 310 g/mol. The Balaban J connectivity index is 1.89. The molecule has 1 aromatic carbocycles. The molecule has 0 radical (unpaired) electrons. The van der Waals surface area contributed by atoms with E-state index in [1.165, 1.54) is 5.56 Å². The summed E-state index contributed by atoms with van der Waals surface area (Å²) in [6.45, 7) is 1.50. The van der Waals surface area contributed by atoms with Crippen LogP contribution in [0.25, 0.3) is 11.3 Å². The molecule has 2 aromatic rings. The molecule has 0 spiro atoms. The molecule has 1 saturated heterocycles. The van der Waals surface area contributed by atoms with Crippen molar-refractivity contribution < 1.29 is 9.53 Å². The van der Waals surface area contributed by atoms with Gasteiger partial charge in [0, 0.05) is 31.8 Å². The van der Waals surface area contributed by atoms with Crippen molar-refractivity contribution in [1.29, 1.82) is 0 Å². The first-order valence-corrected chi connectivity index (χ1v) is 8.13. The molecule has 1 amide bonds. The van der Waals surface area contributed by atoms with E-state index in [0.717, 1.165) is 49.4 Å². The molecule has 0 unspecified atom stereocenters. The van der Waals surface area contributed by atoms with Crippen LogP contribution >= 0.6 is 0 Å². The lowest BCUT2D eigenvalue weighted by Crippen LogP contribution is -2.35. The van der Waals surface area contributed by atoms with E-state index in [2.05, 4.69) is 29.2 Å². The van der Waals surface area contributed by atoms with E-state index in [0.29, 0.717) is 6.42 Å². The van der Waals surface area contributed by atoms with Crippen LogP contribution in [0.15, 0.2) is 42.6 Å². The molecule has 0 atom stereocenters. The van der Waals surface area contributed by atoms with E-state index < -0.39 is 0 Å². The highest BCUT2D eigenvalue weighted by Gasteiger charge is 2.22. The third-order valence-corrected chi connectivity index (χ3v) is 4.22. The van der Waals surface area contributed by atoms with Gasteiger partial charge in [0.1, 0.15) is 0 Å². The molecular formula is C19H22N2O2. The van der Waals surface area contributed by atoms with Crippen molar-refractivity contribution in [3.63, 3.8) is 0 Å². The smallest absolute Gasteiger partial charge is 0.227 e. The highest BCUT2D eigenvalue weighted by molar-refractivity contribution is 5.97. The second-order valence-corrected chi connectivity index (χ2v) is 5.81. The van der Waals surface area contributed by atoms with E-state index in [-0.39, 0.29) is 5.91 Å². The number of anilines is 1. The maximum atomic E-state index is 12.2. The number of hydrogen-bond acceptors (Lipinski definition) is 3. The molecule has 1 aliphatic heterocycles. The predicted molar refractivity (Wildman–Crippen MR) is 91.5 cm³/mol. The minimum Gasteiger partial charge on any atom is -0.384 e. The zero-order valence-electron chi connectivity index (χ0n) is 13.5. The number of piperidine rings is 1.